The van der Waals surface area contributed by atoms with Crippen LogP contribution < -0.4 is 4.90 Å². The topological polar surface area (TPSA) is 15.7 Å². The molecule has 1 saturated heterocycles. The Hall–Kier alpha value is -1.84. The number of hydrogen-bond donors (Lipinski definition) is 0. The van der Waals surface area contributed by atoms with Crippen molar-refractivity contribution in [3.05, 3.63) is 65.7 Å². The maximum atomic E-state index is 6.08. The summed E-state index contributed by atoms with van der Waals surface area (Å²) in [5, 5.41) is 0. The lowest BCUT2D eigenvalue weighted by molar-refractivity contribution is -0.0853. The van der Waals surface area contributed by atoms with Crippen LogP contribution in [0.5, 0.6) is 0 Å². The molecule has 0 aliphatic carbocycles. The minimum Gasteiger partial charge on any atom is -0.378 e. The monoisotopic (exact) mass is 394 g/mol. The van der Waals surface area contributed by atoms with Gasteiger partial charge in [0.2, 0.25) is 0 Å². The molecule has 158 valence electrons. The molecule has 1 atom stereocenters. The molecule has 0 saturated carbocycles. The van der Waals surface area contributed by atoms with Crippen molar-refractivity contribution in [1.82, 2.24) is 4.90 Å². The van der Waals surface area contributed by atoms with Crippen LogP contribution in [0.2, 0.25) is 0 Å². The second kappa shape index (κ2) is 9.32. The van der Waals surface area contributed by atoms with Crippen molar-refractivity contribution in [3.63, 3.8) is 0 Å². The predicted molar refractivity (Wildman–Crippen MR) is 124 cm³/mol. The number of ether oxygens (including phenoxy) is 1. The first-order chi connectivity index (χ1) is 13.8. The van der Waals surface area contributed by atoms with Gasteiger partial charge in [-0.3, -0.25) is 4.90 Å². The Morgan fingerprint density at radius 3 is 2.24 bits per heavy atom. The van der Waals surface area contributed by atoms with E-state index in [9.17, 15) is 0 Å². The molecule has 2 aromatic carbocycles. The molecule has 0 spiro atoms. The van der Waals surface area contributed by atoms with Crippen LogP contribution in [-0.2, 0) is 16.7 Å². The summed E-state index contributed by atoms with van der Waals surface area (Å²) >= 11 is 0. The smallest absolute Gasteiger partial charge is 0.0635 e. The summed E-state index contributed by atoms with van der Waals surface area (Å²) in [7, 11) is 4.18. The minimum atomic E-state index is -0.0624. The Balaban J connectivity index is 1.72. The Bertz CT molecular complexity index is 754. The molecule has 0 bridgehead atoms. The van der Waals surface area contributed by atoms with Gasteiger partial charge in [-0.05, 0) is 69.5 Å². The fourth-order valence-corrected chi connectivity index (χ4v) is 4.75. The Kier molecular flexibility index (Phi) is 7.02. The number of anilines is 1. The Labute approximate surface area is 177 Å². The maximum absolute atomic E-state index is 6.08. The van der Waals surface area contributed by atoms with E-state index in [1.807, 2.05) is 0 Å². The van der Waals surface area contributed by atoms with E-state index in [1.165, 1.54) is 23.2 Å². The average Bonchev–Trinajstić information content (AvgIpc) is 2.71. The lowest BCUT2D eigenvalue weighted by Gasteiger charge is -2.46. The van der Waals surface area contributed by atoms with E-state index in [0.717, 1.165) is 39.1 Å². The van der Waals surface area contributed by atoms with Gasteiger partial charge in [0.15, 0.2) is 0 Å². The van der Waals surface area contributed by atoms with E-state index in [-0.39, 0.29) is 11.0 Å². The van der Waals surface area contributed by atoms with Crippen LogP contribution in [0.15, 0.2) is 54.6 Å². The van der Waals surface area contributed by atoms with Gasteiger partial charge in [0.1, 0.15) is 0 Å². The third kappa shape index (κ3) is 5.61. The number of nitrogens with zero attached hydrogens (tertiary/aromatic N) is 2. The van der Waals surface area contributed by atoms with Crippen molar-refractivity contribution in [3.8, 4) is 0 Å². The van der Waals surface area contributed by atoms with Crippen molar-refractivity contribution in [1.29, 1.82) is 0 Å². The zero-order valence-electron chi connectivity index (χ0n) is 18.9. The molecule has 0 unspecified atom stereocenters. The minimum absolute atomic E-state index is 0.0624. The van der Waals surface area contributed by atoms with Crippen molar-refractivity contribution in [2.45, 2.75) is 57.6 Å². The lowest BCUT2D eigenvalue weighted by atomic mass is 9.67. The van der Waals surface area contributed by atoms with Crippen LogP contribution in [0.1, 0.15) is 51.2 Å². The van der Waals surface area contributed by atoms with Crippen LogP contribution >= 0.6 is 0 Å². The summed E-state index contributed by atoms with van der Waals surface area (Å²) in [6, 6.07) is 20.1. The van der Waals surface area contributed by atoms with Gasteiger partial charge in [-0.15, -0.1) is 0 Å². The lowest BCUT2D eigenvalue weighted by Crippen LogP contribution is -2.45. The average molecular weight is 395 g/mol. The van der Waals surface area contributed by atoms with Crippen LogP contribution in [0, 0.1) is 0 Å². The molecule has 3 nitrogen and oxygen atoms in total. The third-order valence-corrected chi connectivity index (χ3v) is 6.44. The normalized spacial score (nSPS) is 21.3. The number of benzene rings is 2. The summed E-state index contributed by atoms with van der Waals surface area (Å²) in [4.78, 5) is 4.73. The van der Waals surface area contributed by atoms with E-state index < -0.39 is 0 Å². The number of hydrogen-bond acceptors (Lipinski definition) is 3. The summed E-state index contributed by atoms with van der Waals surface area (Å²) in [6.45, 7) is 10.8. The molecule has 1 aliphatic heterocycles. The highest BCUT2D eigenvalue weighted by atomic mass is 16.5. The zero-order chi connectivity index (χ0) is 20.9. The summed E-state index contributed by atoms with van der Waals surface area (Å²) in [6.07, 6.45) is 3.36. The first-order valence-electron chi connectivity index (χ1n) is 11.0. The molecule has 3 heteroatoms. The van der Waals surface area contributed by atoms with Gasteiger partial charge in [-0.2, -0.15) is 0 Å². The second-order valence-electron chi connectivity index (χ2n) is 9.36. The van der Waals surface area contributed by atoms with Crippen molar-refractivity contribution < 1.29 is 4.74 Å². The highest BCUT2D eigenvalue weighted by molar-refractivity contribution is 5.46. The van der Waals surface area contributed by atoms with Gasteiger partial charge in [0.05, 0.1) is 5.60 Å². The highest BCUT2D eigenvalue weighted by Gasteiger charge is 2.41. The van der Waals surface area contributed by atoms with E-state index >= 15 is 0 Å². The largest absolute Gasteiger partial charge is 0.378 e. The van der Waals surface area contributed by atoms with E-state index in [0.29, 0.717) is 0 Å². The van der Waals surface area contributed by atoms with E-state index in [1.54, 1.807) is 0 Å². The molecule has 1 aliphatic rings. The standard InChI is InChI=1S/C26H38N2O/c1-6-28(20-22-12-14-24(15-13-22)27(4)5)18-16-26(23-10-8-7-9-11-23)17-19-29-25(2,3)21-26/h7-15H,6,16-21H2,1-5H3/t26-/m1/s1. The van der Waals surface area contributed by atoms with Crippen LogP contribution in [0.3, 0.4) is 0 Å². The Morgan fingerprint density at radius 1 is 0.966 bits per heavy atom. The van der Waals surface area contributed by atoms with Crippen LogP contribution in [0.25, 0.3) is 0 Å². The molecule has 1 heterocycles. The summed E-state index contributed by atoms with van der Waals surface area (Å²) < 4.78 is 6.08. The third-order valence-electron chi connectivity index (χ3n) is 6.44. The van der Waals surface area contributed by atoms with Crippen molar-refractivity contribution >= 4 is 5.69 Å². The van der Waals surface area contributed by atoms with E-state index in [2.05, 4.69) is 99.3 Å². The highest BCUT2D eigenvalue weighted by Crippen LogP contribution is 2.44. The number of rotatable bonds is 8. The predicted octanol–water partition coefficient (Wildman–Crippen LogP) is 5.49. The first-order valence-corrected chi connectivity index (χ1v) is 11.0. The quantitative estimate of drug-likeness (QED) is 0.589. The van der Waals surface area contributed by atoms with Gasteiger partial charge >= 0.3 is 0 Å². The molecule has 1 fully saturated rings. The SMILES string of the molecule is CCN(CC[C@@]1(c2ccccc2)CCOC(C)(C)C1)Cc1ccc(N(C)C)cc1. The van der Waals surface area contributed by atoms with Crippen molar-refractivity contribution in [2.24, 2.45) is 0 Å². The molecule has 0 amide bonds. The molecule has 2 aromatic rings. The van der Waals surface area contributed by atoms with Crippen molar-refractivity contribution in [2.75, 3.05) is 38.7 Å². The van der Waals surface area contributed by atoms with Gasteiger partial charge in [-0.25, -0.2) is 0 Å². The molecular formula is C26H38N2O. The van der Waals surface area contributed by atoms with Crippen LogP contribution in [0.4, 0.5) is 5.69 Å². The van der Waals surface area contributed by atoms with Gasteiger partial charge in [0.25, 0.3) is 0 Å². The molecule has 29 heavy (non-hydrogen) atoms. The van der Waals surface area contributed by atoms with Crippen LogP contribution in [-0.4, -0.2) is 44.3 Å². The molecule has 0 N–H and O–H groups in total. The van der Waals surface area contributed by atoms with Gasteiger partial charge < -0.3 is 9.64 Å². The first kappa shape index (κ1) is 21.9. The zero-order valence-corrected chi connectivity index (χ0v) is 18.9. The van der Waals surface area contributed by atoms with E-state index in [4.69, 9.17) is 4.74 Å². The molecule has 3 rings (SSSR count). The fourth-order valence-electron chi connectivity index (χ4n) is 4.75. The molecule has 0 aromatic heterocycles. The Morgan fingerprint density at radius 2 is 1.66 bits per heavy atom. The fraction of sp³-hybridized carbons (Fsp3) is 0.538. The van der Waals surface area contributed by atoms with Gasteiger partial charge in [0, 0.05) is 38.3 Å². The van der Waals surface area contributed by atoms with Gasteiger partial charge in [-0.1, -0.05) is 49.4 Å². The summed E-state index contributed by atoms with van der Waals surface area (Å²) in [5.41, 5.74) is 4.25. The maximum Gasteiger partial charge on any atom is 0.0635 e. The molecule has 0 radical (unpaired) electrons. The summed E-state index contributed by atoms with van der Waals surface area (Å²) in [5.74, 6) is 0. The second-order valence-corrected chi connectivity index (χ2v) is 9.36. The molecular weight excluding hydrogens is 356 g/mol.